The van der Waals surface area contributed by atoms with E-state index in [1.807, 2.05) is 12.1 Å². The van der Waals surface area contributed by atoms with Gasteiger partial charge in [-0.25, -0.2) is 0 Å². The second-order valence-electron chi connectivity index (χ2n) is 5.56. The quantitative estimate of drug-likeness (QED) is 0.541. The number of hydrogen-bond donors (Lipinski definition) is 1. The molecule has 0 aliphatic rings. The largest absolute Gasteiger partial charge is 0.497 e. The van der Waals surface area contributed by atoms with Gasteiger partial charge in [-0.3, -0.25) is 14.9 Å². The van der Waals surface area contributed by atoms with Gasteiger partial charge in [0.1, 0.15) is 18.0 Å². The van der Waals surface area contributed by atoms with Crippen molar-refractivity contribution in [3.05, 3.63) is 58.8 Å². The third kappa shape index (κ3) is 3.44. The fourth-order valence-electron chi connectivity index (χ4n) is 2.68. The summed E-state index contributed by atoms with van der Waals surface area (Å²) in [6.07, 6.45) is 1.79. The Morgan fingerprint density at radius 3 is 2.50 bits per heavy atom. The Labute approximate surface area is 149 Å². The predicted octanol–water partition coefficient (Wildman–Crippen LogP) is 3.21. The monoisotopic (exact) mass is 355 g/mol. The van der Waals surface area contributed by atoms with Gasteiger partial charge < -0.3 is 19.4 Å². The number of methoxy groups -OCH3 is 2. The third-order valence-corrected chi connectivity index (χ3v) is 3.96. The highest BCUT2D eigenvalue weighted by Crippen LogP contribution is 2.31. The SMILES string of the molecule is COc1cc(OC)c2ccn(CC(=O)Nc3ccc([N+](=O)[O-])cc3)c2c1. The van der Waals surface area contributed by atoms with Gasteiger partial charge in [-0.15, -0.1) is 0 Å². The molecular weight excluding hydrogens is 338 g/mol. The first-order chi connectivity index (χ1) is 12.5. The Balaban J connectivity index is 1.79. The number of carbonyl (C=O) groups excluding carboxylic acids is 1. The van der Waals surface area contributed by atoms with Crippen molar-refractivity contribution in [3.8, 4) is 11.5 Å². The fourth-order valence-corrected chi connectivity index (χ4v) is 2.68. The summed E-state index contributed by atoms with van der Waals surface area (Å²) in [4.78, 5) is 22.5. The normalized spacial score (nSPS) is 10.5. The molecule has 2 aromatic carbocycles. The molecule has 0 aliphatic carbocycles. The second-order valence-corrected chi connectivity index (χ2v) is 5.56. The molecule has 1 amide bonds. The highest BCUT2D eigenvalue weighted by molar-refractivity contribution is 5.93. The summed E-state index contributed by atoms with van der Waals surface area (Å²) in [5.74, 6) is 1.04. The lowest BCUT2D eigenvalue weighted by molar-refractivity contribution is -0.384. The van der Waals surface area contributed by atoms with Crippen LogP contribution in [0.5, 0.6) is 11.5 Å². The molecule has 26 heavy (non-hydrogen) atoms. The first-order valence-electron chi connectivity index (χ1n) is 7.77. The molecule has 0 atom stereocenters. The van der Waals surface area contributed by atoms with E-state index < -0.39 is 4.92 Å². The number of anilines is 1. The summed E-state index contributed by atoms with van der Waals surface area (Å²) in [5.41, 5.74) is 1.27. The molecule has 0 saturated heterocycles. The van der Waals surface area contributed by atoms with E-state index in [9.17, 15) is 14.9 Å². The van der Waals surface area contributed by atoms with Gasteiger partial charge in [0.05, 0.1) is 24.7 Å². The van der Waals surface area contributed by atoms with Crippen molar-refractivity contribution >= 4 is 28.2 Å². The maximum Gasteiger partial charge on any atom is 0.269 e. The lowest BCUT2D eigenvalue weighted by Gasteiger charge is -2.10. The molecule has 0 radical (unpaired) electrons. The van der Waals surface area contributed by atoms with E-state index in [0.717, 1.165) is 10.9 Å². The van der Waals surface area contributed by atoms with Gasteiger partial charge in [-0.2, -0.15) is 0 Å². The van der Waals surface area contributed by atoms with Crippen molar-refractivity contribution < 1.29 is 19.2 Å². The van der Waals surface area contributed by atoms with Crippen molar-refractivity contribution in [2.24, 2.45) is 0 Å². The van der Waals surface area contributed by atoms with Crippen LogP contribution in [0, 0.1) is 10.1 Å². The highest BCUT2D eigenvalue weighted by Gasteiger charge is 2.12. The van der Waals surface area contributed by atoms with Crippen molar-refractivity contribution in [1.29, 1.82) is 0 Å². The number of ether oxygens (including phenoxy) is 2. The Morgan fingerprint density at radius 2 is 1.88 bits per heavy atom. The van der Waals surface area contributed by atoms with E-state index in [1.165, 1.54) is 24.3 Å². The number of fused-ring (bicyclic) bond motifs is 1. The minimum Gasteiger partial charge on any atom is -0.497 e. The van der Waals surface area contributed by atoms with Crippen LogP contribution in [0.3, 0.4) is 0 Å². The van der Waals surface area contributed by atoms with Gasteiger partial charge >= 0.3 is 0 Å². The van der Waals surface area contributed by atoms with Gasteiger partial charge in [-0.05, 0) is 18.2 Å². The molecule has 1 N–H and O–H groups in total. The molecule has 8 heteroatoms. The van der Waals surface area contributed by atoms with E-state index >= 15 is 0 Å². The number of aromatic nitrogens is 1. The van der Waals surface area contributed by atoms with E-state index in [1.54, 1.807) is 31.0 Å². The first-order valence-corrected chi connectivity index (χ1v) is 7.77. The zero-order chi connectivity index (χ0) is 18.7. The molecule has 0 unspecified atom stereocenters. The maximum absolute atomic E-state index is 12.3. The van der Waals surface area contributed by atoms with Crippen LogP contribution in [0.25, 0.3) is 10.9 Å². The van der Waals surface area contributed by atoms with Crippen LogP contribution in [-0.4, -0.2) is 29.6 Å². The molecule has 8 nitrogen and oxygen atoms in total. The molecule has 3 rings (SSSR count). The summed E-state index contributed by atoms with van der Waals surface area (Å²) in [7, 11) is 3.14. The topological polar surface area (TPSA) is 95.6 Å². The van der Waals surface area contributed by atoms with E-state index in [4.69, 9.17) is 9.47 Å². The lowest BCUT2D eigenvalue weighted by Crippen LogP contribution is -2.18. The fraction of sp³-hybridized carbons (Fsp3) is 0.167. The summed E-state index contributed by atoms with van der Waals surface area (Å²) in [6, 6.07) is 11.2. The zero-order valence-corrected chi connectivity index (χ0v) is 14.3. The molecule has 0 aliphatic heterocycles. The average Bonchev–Trinajstić information content (AvgIpc) is 3.04. The van der Waals surface area contributed by atoms with Crippen LogP contribution in [0.2, 0.25) is 0 Å². The van der Waals surface area contributed by atoms with Gasteiger partial charge in [-0.1, -0.05) is 0 Å². The Bertz CT molecular complexity index is 963. The summed E-state index contributed by atoms with van der Waals surface area (Å²) >= 11 is 0. The molecule has 1 heterocycles. The number of nitrogens with zero attached hydrogens (tertiary/aromatic N) is 2. The molecule has 0 bridgehead atoms. The van der Waals surface area contributed by atoms with Gasteiger partial charge in [0.15, 0.2) is 0 Å². The molecular formula is C18H17N3O5. The van der Waals surface area contributed by atoms with Crippen molar-refractivity contribution in [1.82, 2.24) is 4.57 Å². The van der Waals surface area contributed by atoms with Crippen LogP contribution in [0.1, 0.15) is 0 Å². The predicted molar refractivity (Wildman–Crippen MR) is 96.8 cm³/mol. The van der Waals surface area contributed by atoms with E-state index in [0.29, 0.717) is 17.2 Å². The number of nitro groups is 1. The smallest absolute Gasteiger partial charge is 0.269 e. The van der Waals surface area contributed by atoms with Gasteiger partial charge in [0, 0.05) is 41.5 Å². The summed E-state index contributed by atoms with van der Waals surface area (Å²) in [5, 5.41) is 14.3. The van der Waals surface area contributed by atoms with Crippen molar-refractivity contribution in [2.75, 3.05) is 19.5 Å². The van der Waals surface area contributed by atoms with Crippen LogP contribution in [0.15, 0.2) is 48.7 Å². The zero-order valence-electron chi connectivity index (χ0n) is 14.3. The van der Waals surface area contributed by atoms with E-state index in [-0.39, 0.29) is 18.1 Å². The summed E-state index contributed by atoms with van der Waals surface area (Å²) in [6.45, 7) is 0.0802. The van der Waals surface area contributed by atoms with Crippen LogP contribution < -0.4 is 14.8 Å². The maximum atomic E-state index is 12.3. The Kier molecular flexibility index (Phi) is 4.74. The number of nitrogens with one attached hydrogen (secondary N) is 1. The Morgan fingerprint density at radius 1 is 1.15 bits per heavy atom. The first kappa shape index (κ1) is 17.3. The molecule has 134 valence electrons. The third-order valence-electron chi connectivity index (χ3n) is 3.96. The van der Waals surface area contributed by atoms with Crippen molar-refractivity contribution in [2.45, 2.75) is 6.54 Å². The lowest BCUT2D eigenvalue weighted by atomic mass is 10.2. The number of rotatable bonds is 6. The molecule has 1 aromatic heterocycles. The van der Waals surface area contributed by atoms with Crippen LogP contribution in [0.4, 0.5) is 11.4 Å². The number of non-ortho nitro benzene ring substituents is 1. The van der Waals surface area contributed by atoms with Gasteiger partial charge in [0.25, 0.3) is 5.69 Å². The number of hydrogen-bond acceptors (Lipinski definition) is 5. The summed E-state index contributed by atoms with van der Waals surface area (Å²) < 4.78 is 12.4. The molecule has 0 fully saturated rings. The van der Waals surface area contributed by atoms with Crippen LogP contribution >= 0.6 is 0 Å². The molecule has 0 spiro atoms. The number of benzene rings is 2. The molecule has 3 aromatic rings. The minimum atomic E-state index is -0.488. The number of nitro benzene ring substituents is 1. The minimum absolute atomic E-state index is 0.0291. The highest BCUT2D eigenvalue weighted by atomic mass is 16.6. The number of amides is 1. The van der Waals surface area contributed by atoms with Gasteiger partial charge in [0.2, 0.25) is 5.91 Å². The van der Waals surface area contributed by atoms with Crippen molar-refractivity contribution in [3.63, 3.8) is 0 Å². The van der Waals surface area contributed by atoms with E-state index in [2.05, 4.69) is 5.32 Å². The average molecular weight is 355 g/mol. The Hall–Kier alpha value is -3.55. The number of carbonyl (C=O) groups is 1. The standard InChI is InChI=1S/C18H17N3O5/c1-25-14-9-16-15(17(10-14)26-2)7-8-20(16)11-18(22)19-12-3-5-13(6-4-12)21(23)24/h3-10H,11H2,1-2H3,(H,19,22). The molecule has 0 saturated carbocycles. The second kappa shape index (κ2) is 7.14. The van der Waals surface area contributed by atoms with Crippen LogP contribution in [-0.2, 0) is 11.3 Å².